The monoisotopic (exact) mass is 310 g/mol. The average Bonchev–Trinajstić information content (AvgIpc) is 3.20. The third-order valence-electron chi connectivity index (χ3n) is 3.65. The molecular formula is C15H22N2O3S. The Morgan fingerprint density at radius 1 is 1.33 bits per heavy atom. The summed E-state index contributed by atoms with van der Waals surface area (Å²) in [6.45, 7) is 2.68. The number of nitrogens with zero attached hydrogens (tertiary/aromatic N) is 1. The Morgan fingerprint density at radius 3 is 2.57 bits per heavy atom. The molecule has 0 radical (unpaired) electrons. The number of benzene rings is 1. The molecule has 0 saturated heterocycles. The Kier molecular flexibility index (Phi) is 5.00. The summed E-state index contributed by atoms with van der Waals surface area (Å²) in [4.78, 5) is 11.9. The third kappa shape index (κ3) is 4.82. The van der Waals surface area contributed by atoms with E-state index in [4.69, 9.17) is 0 Å². The first-order valence-electron chi connectivity index (χ1n) is 7.16. The third-order valence-corrected chi connectivity index (χ3v) is 4.98. The normalized spacial score (nSPS) is 15.2. The molecule has 21 heavy (non-hydrogen) atoms. The van der Waals surface area contributed by atoms with Gasteiger partial charge in [-0.3, -0.25) is 4.79 Å². The van der Waals surface area contributed by atoms with E-state index in [1.807, 2.05) is 31.2 Å². The highest BCUT2D eigenvalue weighted by atomic mass is 32.2. The molecule has 1 aromatic rings. The number of carbonyl (C=O) groups excluding carboxylic acids is 1. The number of hydrogen-bond acceptors (Lipinski definition) is 3. The van der Waals surface area contributed by atoms with Gasteiger partial charge in [-0.2, -0.15) is 4.31 Å². The topological polar surface area (TPSA) is 66.5 Å². The standard InChI is InChI=1S/C15H22N2O3S/c1-12-5-3-4-6-13(12)11-15(18)16-9-10-17(14-7-8-14)21(2,19)20/h3-6,14H,7-11H2,1-2H3,(H,16,18). The minimum absolute atomic E-state index is 0.0754. The van der Waals surface area contributed by atoms with Gasteiger partial charge in [0.1, 0.15) is 0 Å². The second-order valence-corrected chi connectivity index (χ2v) is 7.49. The molecular weight excluding hydrogens is 288 g/mol. The Balaban J connectivity index is 1.80. The lowest BCUT2D eigenvalue weighted by atomic mass is 10.1. The molecule has 1 amide bonds. The zero-order valence-electron chi connectivity index (χ0n) is 12.5. The lowest BCUT2D eigenvalue weighted by Gasteiger charge is -2.19. The molecule has 1 fully saturated rings. The number of hydrogen-bond donors (Lipinski definition) is 1. The van der Waals surface area contributed by atoms with Crippen molar-refractivity contribution in [3.8, 4) is 0 Å². The molecule has 6 heteroatoms. The second-order valence-electron chi connectivity index (χ2n) is 5.56. The molecule has 1 saturated carbocycles. The maximum Gasteiger partial charge on any atom is 0.224 e. The Labute approximate surface area is 126 Å². The van der Waals surface area contributed by atoms with E-state index in [0.29, 0.717) is 19.5 Å². The van der Waals surface area contributed by atoms with Crippen molar-refractivity contribution < 1.29 is 13.2 Å². The SMILES string of the molecule is Cc1ccccc1CC(=O)NCCN(C1CC1)S(C)(=O)=O. The molecule has 0 atom stereocenters. The number of sulfonamides is 1. The minimum atomic E-state index is -3.18. The van der Waals surface area contributed by atoms with E-state index in [-0.39, 0.29) is 11.9 Å². The van der Waals surface area contributed by atoms with Crippen molar-refractivity contribution in [2.24, 2.45) is 0 Å². The van der Waals surface area contributed by atoms with Crippen LogP contribution in [0, 0.1) is 6.92 Å². The summed E-state index contributed by atoms with van der Waals surface area (Å²) in [7, 11) is -3.18. The van der Waals surface area contributed by atoms with Crippen molar-refractivity contribution in [2.75, 3.05) is 19.3 Å². The summed E-state index contributed by atoms with van der Waals surface area (Å²) < 4.78 is 24.8. The zero-order chi connectivity index (χ0) is 15.5. The highest BCUT2D eigenvalue weighted by Gasteiger charge is 2.34. The highest BCUT2D eigenvalue weighted by Crippen LogP contribution is 2.28. The molecule has 116 valence electrons. The van der Waals surface area contributed by atoms with Crippen molar-refractivity contribution in [1.29, 1.82) is 0 Å². The van der Waals surface area contributed by atoms with Crippen LogP contribution in [0.3, 0.4) is 0 Å². The van der Waals surface area contributed by atoms with Crippen LogP contribution in [0.25, 0.3) is 0 Å². The lowest BCUT2D eigenvalue weighted by molar-refractivity contribution is -0.120. The molecule has 0 spiro atoms. The van der Waals surface area contributed by atoms with E-state index in [9.17, 15) is 13.2 Å². The fourth-order valence-electron chi connectivity index (χ4n) is 2.33. The smallest absolute Gasteiger partial charge is 0.224 e. The molecule has 0 heterocycles. The first-order chi connectivity index (χ1) is 9.88. The maximum atomic E-state index is 11.9. The molecule has 1 aliphatic carbocycles. The number of nitrogens with one attached hydrogen (secondary N) is 1. The van der Waals surface area contributed by atoms with Crippen LogP contribution >= 0.6 is 0 Å². The summed E-state index contributed by atoms with van der Waals surface area (Å²) in [5.74, 6) is -0.0754. The van der Waals surface area contributed by atoms with E-state index in [0.717, 1.165) is 24.0 Å². The number of aryl methyl sites for hydroxylation is 1. The van der Waals surface area contributed by atoms with Crippen molar-refractivity contribution in [3.05, 3.63) is 35.4 Å². The summed E-state index contributed by atoms with van der Waals surface area (Å²) >= 11 is 0. The summed E-state index contributed by atoms with van der Waals surface area (Å²) in [5.41, 5.74) is 2.08. The minimum Gasteiger partial charge on any atom is -0.354 e. The molecule has 0 aliphatic heterocycles. The first-order valence-corrected chi connectivity index (χ1v) is 9.01. The van der Waals surface area contributed by atoms with Crippen LogP contribution in [0.1, 0.15) is 24.0 Å². The number of amides is 1. The van der Waals surface area contributed by atoms with E-state index >= 15 is 0 Å². The van der Waals surface area contributed by atoms with Gasteiger partial charge in [0, 0.05) is 19.1 Å². The molecule has 5 nitrogen and oxygen atoms in total. The van der Waals surface area contributed by atoms with Crippen LogP contribution in [0.5, 0.6) is 0 Å². The quantitative estimate of drug-likeness (QED) is 0.819. The predicted molar refractivity (Wildman–Crippen MR) is 82.5 cm³/mol. The fraction of sp³-hybridized carbons (Fsp3) is 0.533. The van der Waals surface area contributed by atoms with Gasteiger partial charge in [0.15, 0.2) is 0 Å². The summed E-state index contributed by atoms with van der Waals surface area (Å²) in [6.07, 6.45) is 3.39. The largest absolute Gasteiger partial charge is 0.354 e. The second kappa shape index (κ2) is 6.58. The van der Waals surface area contributed by atoms with Crippen LogP contribution in [0.4, 0.5) is 0 Å². The Morgan fingerprint density at radius 2 is 2.00 bits per heavy atom. The average molecular weight is 310 g/mol. The van der Waals surface area contributed by atoms with Gasteiger partial charge in [0.25, 0.3) is 0 Å². The van der Waals surface area contributed by atoms with Crippen LogP contribution in [-0.2, 0) is 21.2 Å². The number of rotatable bonds is 7. The van der Waals surface area contributed by atoms with Gasteiger partial charge < -0.3 is 5.32 Å². The molecule has 0 aromatic heterocycles. The van der Waals surface area contributed by atoms with E-state index < -0.39 is 10.0 Å². The van der Waals surface area contributed by atoms with Crippen LogP contribution in [0.2, 0.25) is 0 Å². The van der Waals surface area contributed by atoms with Crippen molar-refractivity contribution in [1.82, 2.24) is 9.62 Å². The van der Waals surface area contributed by atoms with Crippen molar-refractivity contribution >= 4 is 15.9 Å². The lowest BCUT2D eigenvalue weighted by Crippen LogP contribution is -2.39. The number of carbonyl (C=O) groups is 1. The van der Waals surface area contributed by atoms with Crippen molar-refractivity contribution in [3.63, 3.8) is 0 Å². The van der Waals surface area contributed by atoms with Crippen LogP contribution in [0.15, 0.2) is 24.3 Å². The molecule has 0 unspecified atom stereocenters. The molecule has 1 aromatic carbocycles. The maximum absolute atomic E-state index is 11.9. The fourth-order valence-corrected chi connectivity index (χ4v) is 3.51. The van der Waals surface area contributed by atoms with Gasteiger partial charge in [-0.1, -0.05) is 24.3 Å². The molecule has 2 rings (SSSR count). The van der Waals surface area contributed by atoms with Crippen molar-refractivity contribution in [2.45, 2.75) is 32.2 Å². The predicted octanol–water partition coefficient (Wildman–Crippen LogP) is 1.08. The van der Waals surface area contributed by atoms with Crippen LogP contribution < -0.4 is 5.32 Å². The molecule has 0 bridgehead atoms. The Hall–Kier alpha value is -1.40. The van der Waals surface area contributed by atoms with E-state index in [2.05, 4.69) is 5.32 Å². The first kappa shape index (κ1) is 16.0. The van der Waals surface area contributed by atoms with Gasteiger partial charge in [-0.05, 0) is 30.9 Å². The summed E-state index contributed by atoms with van der Waals surface area (Å²) in [5, 5.41) is 2.80. The van der Waals surface area contributed by atoms with E-state index in [1.54, 1.807) is 0 Å². The molecule has 1 N–H and O–H groups in total. The van der Waals surface area contributed by atoms with Gasteiger partial charge >= 0.3 is 0 Å². The summed E-state index contributed by atoms with van der Waals surface area (Å²) in [6, 6.07) is 7.89. The van der Waals surface area contributed by atoms with E-state index in [1.165, 1.54) is 10.6 Å². The molecule has 1 aliphatic rings. The van der Waals surface area contributed by atoms with Gasteiger partial charge in [0.05, 0.1) is 12.7 Å². The van der Waals surface area contributed by atoms with Gasteiger partial charge in [0.2, 0.25) is 15.9 Å². The van der Waals surface area contributed by atoms with Gasteiger partial charge in [-0.15, -0.1) is 0 Å². The van der Waals surface area contributed by atoms with Crippen LogP contribution in [-0.4, -0.2) is 44.0 Å². The van der Waals surface area contributed by atoms with Gasteiger partial charge in [-0.25, -0.2) is 8.42 Å². The Bertz CT molecular complexity index is 609. The highest BCUT2D eigenvalue weighted by molar-refractivity contribution is 7.88. The zero-order valence-corrected chi connectivity index (χ0v) is 13.3.